The average molecular weight is 620 g/mol. The van der Waals surface area contributed by atoms with Crippen molar-refractivity contribution in [3.05, 3.63) is 48.6 Å². The Kier molecular flexibility index (Phi) is 18.7. The van der Waals surface area contributed by atoms with E-state index in [9.17, 15) is 14.4 Å². The minimum absolute atomic E-state index is 0.0778. The number of hydrogen-bond donors (Lipinski definition) is 1. The molecule has 0 aromatic heterocycles. The van der Waals surface area contributed by atoms with E-state index in [2.05, 4.69) is 52.6 Å². The number of amides is 2. The van der Waals surface area contributed by atoms with E-state index >= 15 is 0 Å². The topological polar surface area (TPSA) is 100 Å². The molecule has 43 heavy (non-hydrogen) atoms. The molecule has 1 rings (SSSR count). The molecular weight excluding hydrogens is 562 g/mol. The highest BCUT2D eigenvalue weighted by molar-refractivity contribution is 6.73. The van der Waals surface area contributed by atoms with Gasteiger partial charge < -0.3 is 18.6 Å². The van der Waals surface area contributed by atoms with Gasteiger partial charge in [-0.3, -0.25) is 19.7 Å². The van der Waals surface area contributed by atoms with Gasteiger partial charge in [-0.25, -0.2) is 0 Å². The normalized spacial score (nSPS) is 18.9. The van der Waals surface area contributed by atoms with Crippen molar-refractivity contribution in [3.8, 4) is 0 Å². The number of methoxy groups -OCH3 is 2. The van der Waals surface area contributed by atoms with E-state index in [1.807, 2.05) is 25.2 Å². The van der Waals surface area contributed by atoms with Gasteiger partial charge in [0.1, 0.15) is 12.9 Å². The Morgan fingerprint density at radius 3 is 2.19 bits per heavy atom. The summed E-state index contributed by atoms with van der Waals surface area (Å²) in [5.74, 6) is -0.854. The molecule has 1 aliphatic heterocycles. The molecule has 1 N–H and O–H groups in total. The van der Waals surface area contributed by atoms with Crippen molar-refractivity contribution in [2.45, 2.75) is 110 Å². The maximum absolute atomic E-state index is 13.1. The molecule has 0 spiro atoms. The molecule has 5 atom stereocenters. The predicted molar refractivity (Wildman–Crippen MR) is 175 cm³/mol. The molecule has 1 fully saturated rings. The number of nitrogens with one attached hydrogen (secondary N) is 1. The number of ketones is 1. The van der Waals surface area contributed by atoms with E-state index in [1.165, 1.54) is 0 Å². The van der Waals surface area contributed by atoms with Gasteiger partial charge in [0.25, 0.3) is 0 Å². The van der Waals surface area contributed by atoms with Gasteiger partial charge >= 0.3 is 0 Å². The largest absolute Gasteiger partial charge is 0.413 e. The molecule has 0 bridgehead atoms. The summed E-state index contributed by atoms with van der Waals surface area (Å²) < 4.78 is 24.6. The van der Waals surface area contributed by atoms with Crippen molar-refractivity contribution in [2.75, 3.05) is 21.0 Å². The summed E-state index contributed by atoms with van der Waals surface area (Å²) >= 11 is 0. The van der Waals surface area contributed by atoms with Gasteiger partial charge in [0.05, 0.1) is 12.2 Å². The van der Waals surface area contributed by atoms with Crippen LogP contribution in [0.4, 0.5) is 0 Å². The standard InChI is InChI=1S/C34H57NO7Si/c1-10-14-15-16-20-30(40-9)34(41-24-39-8)27(7)33(42-43(11-2,12-3)13-4)26(6)21-25(5)29(36)19-17-18-28-22-31(37)35-32(38)23-28/h10,16-17,19-21,26-28,30,33-34H,1,11-15,18,22-24H2,2-9H3,(H,35,37,38)/t26?,27-,30+,33+,34+/m1/s1. The number of unbranched alkanes of at least 4 members (excludes halogenated alkanes) is 1. The summed E-state index contributed by atoms with van der Waals surface area (Å²) in [6, 6.07) is 3.00. The van der Waals surface area contributed by atoms with E-state index in [4.69, 9.17) is 18.6 Å². The first kappa shape index (κ1) is 38.9. The third kappa shape index (κ3) is 13.2. The minimum Gasteiger partial charge on any atom is -0.413 e. The second-order valence-electron chi connectivity index (χ2n) is 11.7. The van der Waals surface area contributed by atoms with Gasteiger partial charge in [0.15, 0.2) is 14.1 Å². The van der Waals surface area contributed by atoms with Crippen molar-refractivity contribution in [1.82, 2.24) is 5.32 Å². The highest BCUT2D eigenvalue weighted by atomic mass is 28.4. The van der Waals surface area contributed by atoms with Gasteiger partial charge in [-0.2, -0.15) is 0 Å². The zero-order valence-corrected chi connectivity index (χ0v) is 28.9. The van der Waals surface area contributed by atoms with Crippen LogP contribution in [-0.2, 0) is 33.0 Å². The maximum Gasteiger partial charge on any atom is 0.226 e. The van der Waals surface area contributed by atoms with E-state index in [1.54, 1.807) is 26.4 Å². The van der Waals surface area contributed by atoms with Crippen molar-refractivity contribution >= 4 is 25.9 Å². The summed E-state index contributed by atoms with van der Waals surface area (Å²) in [6.45, 7) is 16.6. The molecule has 0 aliphatic carbocycles. The van der Waals surface area contributed by atoms with Crippen molar-refractivity contribution in [1.29, 1.82) is 0 Å². The van der Waals surface area contributed by atoms with Crippen molar-refractivity contribution in [2.24, 2.45) is 17.8 Å². The summed E-state index contributed by atoms with van der Waals surface area (Å²) in [4.78, 5) is 36.4. The number of rotatable bonds is 22. The monoisotopic (exact) mass is 619 g/mol. The average Bonchev–Trinajstić information content (AvgIpc) is 2.98. The number of hydrogen-bond acceptors (Lipinski definition) is 7. The molecule has 0 saturated carbocycles. The van der Waals surface area contributed by atoms with E-state index in [0.717, 1.165) is 31.0 Å². The third-order valence-electron chi connectivity index (χ3n) is 8.58. The van der Waals surface area contributed by atoms with Gasteiger partial charge in [-0.1, -0.05) is 65.0 Å². The van der Waals surface area contributed by atoms with Crippen LogP contribution in [0.2, 0.25) is 18.1 Å². The van der Waals surface area contributed by atoms with E-state index in [0.29, 0.717) is 24.8 Å². The number of carbonyl (C=O) groups is 3. The third-order valence-corrected chi connectivity index (χ3v) is 13.2. The van der Waals surface area contributed by atoms with Crippen LogP contribution in [0.3, 0.4) is 0 Å². The molecule has 8 nitrogen and oxygen atoms in total. The molecule has 1 aliphatic rings. The first-order valence-corrected chi connectivity index (χ1v) is 18.3. The highest BCUT2D eigenvalue weighted by Gasteiger charge is 2.40. The molecule has 2 amide bonds. The molecule has 0 aromatic rings. The fourth-order valence-corrected chi connectivity index (χ4v) is 8.73. The SMILES string of the molecule is C=CCCC=C[C@H](OC)[C@@H](OCOC)[C@H](C)[C@@H](O[Si](CC)(CC)CC)C(C)C=C(C)C(=O)C=CCC1CC(=O)NC(=O)C1. The fraction of sp³-hybridized carbons (Fsp3) is 0.676. The van der Waals surface area contributed by atoms with Crippen LogP contribution in [0.15, 0.2) is 48.6 Å². The molecule has 244 valence electrons. The molecule has 0 radical (unpaired) electrons. The second kappa shape index (κ2) is 20.7. The van der Waals surface area contributed by atoms with Crippen LogP contribution in [0, 0.1) is 17.8 Å². The number of imide groups is 1. The molecule has 0 aromatic carbocycles. The van der Waals surface area contributed by atoms with Crippen LogP contribution in [0.25, 0.3) is 0 Å². The maximum atomic E-state index is 13.1. The van der Waals surface area contributed by atoms with Gasteiger partial charge in [-0.15, -0.1) is 6.58 Å². The fourth-order valence-electron chi connectivity index (χ4n) is 5.72. The quantitative estimate of drug-likeness (QED) is 0.0360. The smallest absolute Gasteiger partial charge is 0.226 e. The Balaban J connectivity index is 3.29. The second-order valence-corrected chi connectivity index (χ2v) is 16.4. The number of ether oxygens (including phenoxy) is 3. The minimum atomic E-state index is -2.04. The van der Waals surface area contributed by atoms with Crippen molar-refractivity contribution in [3.63, 3.8) is 0 Å². The summed E-state index contributed by atoms with van der Waals surface area (Å²) in [5, 5.41) is 2.32. The predicted octanol–water partition coefficient (Wildman–Crippen LogP) is 6.69. The lowest BCUT2D eigenvalue weighted by Gasteiger charge is -2.42. The zero-order valence-electron chi connectivity index (χ0n) is 27.9. The number of carbonyl (C=O) groups excluding carboxylic acids is 3. The molecule has 9 heteroatoms. The van der Waals surface area contributed by atoms with Crippen molar-refractivity contribution < 1.29 is 33.0 Å². The Hall–Kier alpha value is -2.17. The van der Waals surface area contributed by atoms with Crippen LogP contribution < -0.4 is 5.32 Å². The van der Waals surface area contributed by atoms with Gasteiger partial charge in [-0.05, 0) is 61.9 Å². The summed E-state index contributed by atoms with van der Waals surface area (Å²) in [5.41, 5.74) is 0.626. The summed E-state index contributed by atoms with van der Waals surface area (Å²) in [7, 11) is 1.25. The molecule has 1 saturated heterocycles. The van der Waals surface area contributed by atoms with Crippen LogP contribution >= 0.6 is 0 Å². The van der Waals surface area contributed by atoms with E-state index < -0.39 is 8.32 Å². The van der Waals surface area contributed by atoms with Gasteiger partial charge in [0, 0.05) is 38.9 Å². The summed E-state index contributed by atoms with van der Waals surface area (Å²) in [6.07, 6.45) is 13.3. The Bertz CT molecular complexity index is 948. The highest BCUT2D eigenvalue weighted by Crippen LogP contribution is 2.33. The first-order valence-electron chi connectivity index (χ1n) is 15.8. The Labute approximate surface area is 261 Å². The molecular formula is C34H57NO7Si. The first-order chi connectivity index (χ1) is 20.5. The van der Waals surface area contributed by atoms with Crippen LogP contribution in [0.1, 0.15) is 73.6 Å². The lowest BCUT2D eigenvalue weighted by atomic mass is 9.85. The van der Waals surface area contributed by atoms with Crippen LogP contribution in [-0.4, -0.2) is 65.2 Å². The number of allylic oxidation sites excluding steroid dienone is 5. The van der Waals surface area contributed by atoms with Crippen LogP contribution in [0.5, 0.6) is 0 Å². The lowest BCUT2D eigenvalue weighted by Crippen LogP contribution is -2.49. The Morgan fingerprint density at radius 2 is 1.65 bits per heavy atom. The van der Waals surface area contributed by atoms with E-state index in [-0.39, 0.29) is 60.5 Å². The Morgan fingerprint density at radius 1 is 1.02 bits per heavy atom. The molecule has 1 unspecified atom stereocenters. The molecule has 1 heterocycles. The lowest BCUT2D eigenvalue weighted by molar-refractivity contribution is -0.143. The zero-order chi connectivity index (χ0) is 32.4. The van der Waals surface area contributed by atoms with Gasteiger partial charge in [0.2, 0.25) is 11.8 Å². The number of piperidine rings is 1.